The van der Waals surface area contributed by atoms with Crippen molar-refractivity contribution in [1.29, 1.82) is 0 Å². The Bertz CT molecular complexity index is 2620. The Balaban J connectivity index is 1.32. The smallest absolute Gasteiger partial charge is 0.301 e. The maximum Gasteiger partial charge on any atom is 0.301 e. The molecule has 278 valence electrons. The second-order valence-corrected chi connectivity index (χ2v) is 20.6. The summed E-state index contributed by atoms with van der Waals surface area (Å²) in [6.45, 7) is 27.8. The molecule has 10 rings (SSSR count). The van der Waals surface area contributed by atoms with Gasteiger partial charge >= 0.3 is 6.71 Å². The summed E-state index contributed by atoms with van der Waals surface area (Å²) in [5.74, 6) is 1.78. The summed E-state index contributed by atoms with van der Waals surface area (Å²) >= 11 is 0. The van der Waals surface area contributed by atoms with Gasteiger partial charge in [-0.25, -0.2) is 15.0 Å². The van der Waals surface area contributed by atoms with Crippen LogP contribution in [-0.4, -0.2) is 21.7 Å². The van der Waals surface area contributed by atoms with Crippen molar-refractivity contribution in [1.82, 2.24) is 15.0 Å². The second-order valence-electron chi connectivity index (χ2n) is 20.6. The number of aryl methyl sites for hydroxylation is 1. The third-order valence-electron chi connectivity index (χ3n) is 13.4. The third-order valence-corrected chi connectivity index (χ3v) is 13.4. The average Bonchev–Trinajstić information content (AvgIpc) is 3.63. The molecule has 7 heteroatoms. The maximum absolute atomic E-state index is 7.08. The van der Waals surface area contributed by atoms with Crippen molar-refractivity contribution in [2.24, 2.45) is 0 Å². The van der Waals surface area contributed by atoms with Crippen molar-refractivity contribution in [2.75, 3.05) is 9.80 Å². The number of hydrogen-bond acceptors (Lipinski definition) is 6. The molecule has 2 aliphatic carbocycles. The zero-order valence-electron chi connectivity index (χ0n) is 34.6. The van der Waals surface area contributed by atoms with Crippen LogP contribution in [0.4, 0.5) is 34.4 Å². The zero-order valence-corrected chi connectivity index (χ0v) is 34.6. The zero-order chi connectivity index (χ0) is 38.8. The number of hydrogen-bond donors (Lipinski definition) is 0. The minimum atomic E-state index is -0.226. The van der Waals surface area contributed by atoms with E-state index in [0.717, 1.165) is 58.0 Å². The predicted octanol–water partition coefficient (Wildman–Crippen LogP) is 10.2. The molecular weight excluding hydrogens is 673 g/mol. The molecule has 0 unspecified atom stereocenters. The minimum Gasteiger partial charge on any atom is -0.450 e. The highest BCUT2D eigenvalue weighted by molar-refractivity contribution is 6.99. The van der Waals surface area contributed by atoms with E-state index in [9.17, 15) is 0 Å². The van der Waals surface area contributed by atoms with Crippen molar-refractivity contribution in [3.05, 3.63) is 107 Å². The number of nitrogens with zero attached hydrogens (tertiary/aromatic N) is 5. The van der Waals surface area contributed by atoms with Crippen molar-refractivity contribution in [3.63, 3.8) is 0 Å². The van der Waals surface area contributed by atoms with Gasteiger partial charge in [-0.3, -0.25) is 9.80 Å². The number of pyridine rings is 1. The van der Waals surface area contributed by atoms with E-state index in [1.807, 2.05) is 6.20 Å². The Morgan fingerprint density at radius 3 is 1.89 bits per heavy atom. The average molecular weight is 726 g/mol. The normalized spacial score (nSPS) is 19.2. The molecule has 2 aliphatic heterocycles. The van der Waals surface area contributed by atoms with Gasteiger partial charge < -0.3 is 4.42 Å². The summed E-state index contributed by atoms with van der Waals surface area (Å²) in [7, 11) is 0. The summed E-state index contributed by atoms with van der Waals surface area (Å²) in [6, 6.07) is 23.2. The minimum absolute atomic E-state index is 0.0145. The van der Waals surface area contributed by atoms with Gasteiger partial charge in [0.1, 0.15) is 23.6 Å². The first kappa shape index (κ1) is 34.6. The lowest BCUT2D eigenvalue weighted by atomic mass is 9.36. The van der Waals surface area contributed by atoms with Gasteiger partial charge in [0, 0.05) is 28.7 Å². The van der Waals surface area contributed by atoms with Crippen LogP contribution >= 0.6 is 0 Å². The van der Waals surface area contributed by atoms with Gasteiger partial charge in [0.25, 0.3) is 0 Å². The fourth-order valence-corrected chi connectivity index (χ4v) is 11.2. The van der Waals surface area contributed by atoms with Crippen LogP contribution in [0.5, 0.6) is 0 Å². The van der Waals surface area contributed by atoms with Crippen LogP contribution in [0.2, 0.25) is 0 Å². The fourth-order valence-electron chi connectivity index (χ4n) is 11.2. The number of benzene rings is 3. The van der Waals surface area contributed by atoms with Gasteiger partial charge in [-0.05, 0) is 117 Å². The van der Waals surface area contributed by atoms with E-state index < -0.39 is 0 Å². The molecule has 0 bridgehead atoms. The van der Waals surface area contributed by atoms with E-state index >= 15 is 0 Å². The van der Waals surface area contributed by atoms with Gasteiger partial charge in [0.05, 0.1) is 11.1 Å². The Labute approximate surface area is 326 Å². The number of furan rings is 1. The summed E-state index contributed by atoms with van der Waals surface area (Å²) in [5.41, 5.74) is 16.4. The van der Waals surface area contributed by atoms with Crippen molar-refractivity contribution in [2.45, 2.75) is 123 Å². The van der Waals surface area contributed by atoms with Crippen LogP contribution in [-0.2, 0) is 27.1 Å². The first-order valence-electron chi connectivity index (χ1n) is 20.1. The van der Waals surface area contributed by atoms with Crippen molar-refractivity contribution in [3.8, 4) is 0 Å². The topological polar surface area (TPSA) is 58.3 Å². The Morgan fingerprint density at radius 1 is 0.655 bits per heavy atom. The highest BCUT2D eigenvalue weighted by Crippen LogP contribution is 2.54. The van der Waals surface area contributed by atoms with Gasteiger partial charge in [-0.1, -0.05) is 106 Å². The molecule has 0 saturated heterocycles. The molecular formula is C48H52BN5O. The summed E-state index contributed by atoms with van der Waals surface area (Å²) in [6.07, 6.45) is 5.94. The highest BCUT2D eigenvalue weighted by atomic mass is 16.3. The predicted molar refractivity (Wildman–Crippen MR) is 228 cm³/mol. The summed E-state index contributed by atoms with van der Waals surface area (Å²) < 4.78 is 7.08. The Morgan fingerprint density at radius 2 is 1.24 bits per heavy atom. The molecule has 0 atom stereocenters. The van der Waals surface area contributed by atoms with Crippen LogP contribution in [0.15, 0.2) is 77.6 Å². The first-order valence-corrected chi connectivity index (χ1v) is 20.1. The molecule has 3 aromatic heterocycles. The quantitative estimate of drug-likeness (QED) is 0.165. The van der Waals surface area contributed by atoms with E-state index in [2.05, 4.69) is 154 Å². The molecule has 5 heterocycles. The van der Waals surface area contributed by atoms with Gasteiger partial charge in [0.2, 0.25) is 5.71 Å². The summed E-state index contributed by atoms with van der Waals surface area (Å²) in [5, 5.41) is 1.00. The van der Waals surface area contributed by atoms with Crippen molar-refractivity contribution < 1.29 is 4.42 Å². The largest absolute Gasteiger partial charge is 0.450 e. The molecule has 6 aromatic rings. The Kier molecular flexibility index (Phi) is 6.72. The maximum atomic E-state index is 7.08. The van der Waals surface area contributed by atoms with Crippen LogP contribution in [0.3, 0.4) is 0 Å². The Hall–Kier alpha value is -4.91. The molecule has 0 saturated carbocycles. The van der Waals surface area contributed by atoms with Crippen molar-refractivity contribution >= 4 is 68.8 Å². The van der Waals surface area contributed by atoms with Crippen LogP contribution < -0.4 is 26.4 Å². The lowest BCUT2D eigenvalue weighted by Crippen LogP contribution is -2.61. The number of fused-ring (bicyclic) bond motifs is 8. The van der Waals surface area contributed by atoms with E-state index in [-0.39, 0.29) is 33.8 Å². The lowest BCUT2D eigenvalue weighted by molar-refractivity contribution is 0.403. The molecule has 3 aromatic carbocycles. The highest BCUT2D eigenvalue weighted by Gasteiger charge is 2.51. The van der Waals surface area contributed by atoms with E-state index in [0.29, 0.717) is 5.71 Å². The standard InChI is InChI=1S/C48H52BN5O/c1-27-13-15-29(16-14-27)54-39-31-19-28(44(2,3)4)23-50-43(31)55-40(39)49-36-21-34-35(48(11,12)25-47(34,9)10)22-37(36)53(41-38(49)42(54)52-26-51-41)30-17-18-32-33(20-30)46(7,8)24-45(32,5)6/h13-23,26H,24-25H2,1-12H3. The molecule has 55 heavy (non-hydrogen) atoms. The molecule has 0 radical (unpaired) electrons. The van der Waals surface area contributed by atoms with Gasteiger partial charge in [-0.15, -0.1) is 0 Å². The fraction of sp³-hybridized carbons (Fsp3) is 0.396. The van der Waals surface area contributed by atoms with E-state index in [4.69, 9.17) is 19.4 Å². The van der Waals surface area contributed by atoms with Gasteiger partial charge in [0.15, 0.2) is 0 Å². The second kappa shape index (κ2) is 10.7. The number of anilines is 6. The van der Waals surface area contributed by atoms with Gasteiger partial charge in [-0.2, -0.15) is 0 Å². The molecule has 6 nitrogen and oxygen atoms in total. The van der Waals surface area contributed by atoms with Crippen LogP contribution in [0.25, 0.3) is 11.1 Å². The molecule has 0 fully saturated rings. The molecule has 0 spiro atoms. The molecule has 4 aliphatic rings. The number of aromatic nitrogens is 3. The lowest BCUT2D eigenvalue weighted by Gasteiger charge is -2.41. The number of rotatable bonds is 2. The monoisotopic (exact) mass is 725 g/mol. The first-order chi connectivity index (χ1) is 25.8. The summed E-state index contributed by atoms with van der Waals surface area (Å²) in [4.78, 5) is 20.2. The van der Waals surface area contributed by atoms with Crippen LogP contribution in [0, 0.1) is 6.92 Å². The van der Waals surface area contributed by atoms with Crippen LogP contribution in [0.1, 0.15) is 122 Å². The van der Waals surface area contributed by atoms with E-state index in [1.54, 1.807) is 6.33 Å². The SMILES string of the molecule is Cc1ccc(N2c3ncnc4c3B(c3cc5c(cc3N4c3ccc4c(c3)C(C)(C)CC4(C)C)C(C)(C)CC5(C)C)c3oc4ncc(C(C)(C)C)cc4c32)cc1. The molecule has 0 N–H and O–H groups in total. The third kappa shape index (κ3) is 4.77. The molecule has 0 amide bonds. The van der Waals surface area contributed by atoms with E-state index in [1.165, 1.54) is 44.5 Å².